The number of hydrogen-bond acceptors (Lipinski definition) is 4. The van der Waals surface area contributed by atoms with Gasteiger partial charge in [0, 0.05) is 26.3 Å². The fourth-order valence-electron chi connectivity index (χ4n) is 3.09. The van der Waals surface area contributed by atoms with Crippen molar-refractivity contribution < 1.29 is 14.6 Å². The summed E-state index contributed by atoms with van der Waals surface area (Å²) in [5.74, 6) is 0.817. The molecule has 0 aromatic heterocycles. The number of likely N-dealkylation sites (tertiary alicyclic amines) is 1. The van der Waals surface area contributed by atoms with Crippen molar-refractivity contribution in [3.05, 3.63) is 0 Å². The van der Waals surface area contributed by atoms with Crippen LogP contribution in [-0.4, -0.2) is 61.7 Å². The summed E-state index contributed by atoms with van der Waals surface area (Å²) in [6.45, 7) is 7.36. The number of nitrogens with zero attached hydrogens (tertiary/aromatic N) is 1. The van der Waals surface area contributed by atoms with Gasteiger partial charge in [0.15, 0.2) is 0 Å². The predicted octanol–water partition coefficient (Wildman–Crippen LogP) is 1.66. The van der Waals surface area contributed by atoms with Gasteiger partial charge in [-0.3, -0.25) is 0 Å². The van der Waals surface area contributed by atoms with E-state index in [-0.39, 0.29) is 12.2 Å². The average molecular weight is 271 g/mol. The van der Waals surface area contributed by atoms with Crippen molar-refractivity contribution in [2.45, 2.75) is 51.2 Å². The highest BCUT2D eigenvalue weighted by molar-refractivity contribution is 4.74. The van der Waals surface area contributed by atoms with E-state index in [1.165, 1.54) is 19.3 Å². The van der Waals surface area contributed by atoms with Crippen LogP contribution in [0.4, 0.5) is 0 Å². The molecule has 2 aliphatic rings. The molecular weight excluding hydrogens is 242 g/mol. The van der Waals surface area contributed by atoms with E-state index >= 15 is 0 Å². The lowest BCUT2D eigenvalue weighted by Gasteiger charge is -2.33. The van der Waals surface area contributed by atoms with Crippen molar-refractivity contribution in [1.29, 1.82) is 0 Å². The van der Waals surface area contributed by atoms with Crippen LogP contribution in [0.3, 0.4) is 0 Å². The summed E-state index contributed by atoms with van der Waals surface area (Å²) in [5, 5.41) is 10.1. The molecule has 0 radical (unpaired) electrons. The van der Waals surface area contributed by atoms with Crippen LogP contribution in [0.15, 0.2) is 0 Å². The van der Waals surface area contributed by atoms with Gasteiger partial charge in [-0.25, -0.2) is 0 Å². The molecule has 0 spiro atoms. The van der Waals surface area contributed by atoms with Crippen LogP contribution in [-0.2, 0) is 9.47 Å². The molecule has 2 fully saturated rings. The summed E-state index contributed by atoms with van der Waals surface area (Å²) in [6.07, 6.45) is 5.74. The molecule has 4 nitrogen and oxygen atoms in total. The number of aliphatic hydroxyl groups excluding tert-OH is 1. The lowest BCUT2D eigenvalue weighted by molar-refractivity contribution is -0.0656. The van der Waals surface area contributed by atoms with E-state index < -0.39 is 0 Å². The number of ether oxygens (including phenoxy) is 2. The van der Waals surface area contributed by atoms with Gasteiger partial charge < -0.3 is 19.5 Å². The minimum atomic E-state index is -0.349. The molecule has 0 aromatic carbocycles. The molecule has 0 aromatic rings. The van der Waals surface area contributed by atoms with Gasteiger partial charge in [0.1, 0.15) is 0 Å². The van der Waals surface area contributed by atoms with Gasteiger partial charge in [-0.2, -0.15) is 0 Å². The van der Waals surface area contributed by atoms with Crippen molar-refractivity contribution in [3.8, 4) is 0 Å². The lowest BCUT2D eigenvalue weighted by Crippen LogP contribution is -2.42. The van der Waals surface area contributed by atoms with Crippen LogP contribution in [0.5, 0.6) is 0 Å². The molecule has 4 heteroatoms. The lowest BCUT2D eigenvalue weighted by atomic mass is 9.95. The van der Waals surface area contributed by atoms with Gasteiger partial charge in [-0.05, 0) is 38.1 Å². The van der Waals surface area contributed by atoms with Gasteiger partial charge >= 0.3 is 0 Å². The summed E-state index contributed by atoms with van der Waals surface area (Å²) in [7, 11) is 0. The average Bonchev–Trinajstić information content (AvgIpc) is 2.46. The number of β-amino-alcohol motifs (C(OH)–C–C–N with tert-alkyl or cyclic N) is 1. The first-order chi connectivity index (χ1) is 9.28. The molecule has 0 aliphatic carbocycles. The molecule has 0 saturated carbocycles. The fourth-order valence-corrected chi connectivity index (χ4v) is 3.09. The zero-order chi connectivity index (χ0) is 13.5. The highest BCUT2D eigenvalue weighted by Gasteiger charge is 2.21. The zero-order valence-corrected chi connectivity index (χ0v) is 12.2. The Balaban J connectivity index is 1.61. The van der Waals surface area contributed by atoms with Crippen LogP contribution in [0.1, 0.15) is 39.0 Å². The monoisotopic (exact) mass is 271 g/mol. The first kappa shape index (κ1) is 15.2. The van der Waals surface area contributed by atoms with Gasteiger partial charge in [0.2, 0.25) is 0 Å². The molecule has 0 amide bonds. The van der Waals surface area contributed by atoms with Gasteiger partial charge in [-0.15, -0.1) is 0 Å². The zero-order valence-electron chi connectivity index (χ0n) is 12.2. The molecular formula is C15H29NO3. The normalized spacial score (nSPS) is 28.4. The van der Waals surface area contributed by atoms with Crippen molar-refractivity contribution >= 4 is 0 Å². The number of rotatable bonds is 6. The fraction of sp³-hybridized carbons (Fsp3) is 1.00. The van der Waals surface area contributed by atoms with Crippen LogP contribution in [0.2, 0.25) is 0 Å². The quantitative estimate of drug-likeness (QED) is 0.798. The number of aliphatic hydroxyl groups is 1. The molecule has 2 rings (SSSR count). The Labute approximate surface area is 117 Å². The van der Waals surface area contributed by atoms with Crippen molar-refractivity contribution in [2.75, 3.05) is 39.5 Å². The number of piperidine rings is 1. The van der Waals surface area contributed by atoms with Gasteiger partial charge in [-0.1, -0.05) is 13.3 Å². The molecule has 2 saturated heterocycles. The van der Waals surface area contributed by atoms with Crippen molar-refractivity contribution in [3.63, 3.8) is 0 Å². The molecule has 0 bridgehead atoms. The van der Waals surface area contributed by atoms with E-state index in [0.717, 1.165) is 51.6 Å². The number of hydrogen-bond donors (Lipinski definition) is 1. The molecule has 2 aliphatic heterocycles. The van der Waals surface area contributed by atoms with E-state index in [2.05, 4.69) is 11.8 Å². The highest BCUT2D eigenvalue weighted by atomic mass is 16.5. The van der Waals surface area contributed by atoms with Crippen molar-refractivity contribution in [1.82, 2.24) is 4.90 Å². The predicted molar refractivity (Wildman–Crippen MR) is 75.3 cm³/mol. The second-order valence-electron chi connectivity index (χ2n) is 5.97. The van der Waals surface area contributed by atoms with Crippen LogP contribution >= 0.6 is 0 Å². The largest absolute Gasteiger partial charge is 0.389 e. The highest BCUT2D eigenvalue weighted by Crippen LogP contribution is 2.19. The molecule has 19 heavy (non-hydrogen) atoms. The van der Waals surface area contributed by atoms with Crippen LogP contribution < -0.4 is 0 Å². The van der Waals surface area contributed by atoms with E-state index in [1.807, 2.05) is 0 Å². The molecule has 2 atom stereocenters. The van der Waals surface area contributed by atoms with E-state index in [1.54, 1.807) is 0 Å². The molecule has 1 N–H and O–H groups in total. The molecule has 2 heterocycles. The Hall–Kier alpha value is -0.160. The summed E-state index contributed by atoms with van der Waals surface area (Å²) in [5.41, 5.74) is 0. The van der Waals surface area contributed by atoms with Crippen LogP contribution in [0.25, 0.3) is 0 Å². The molecule has 112 valence electrons. The first-order valence-corrected chi connectivity index (χ1v) is 7.87. The summed E-state index contributed by atoms with van der Waals surface area (Å²) < 4.78 is 11.1. The second-order valence-corrected chi connectivity index (χ2v) is 5.97. The van der Waals surface area contributed by atoms with E-state index in [9.17, 15) is 5.11 Å². The summed E-state index contributed by atoms with van der Waals surface area (Å²) in [6, 6.07) is 0. The SMILES string of the molecule is CCC1CCCN(CC(O)COC2CCOCC2)C1. The Morgan fingerprint density at radius 3 is 2.84 bits per heavy atom. The standard InChI is InChI=1S/C15H29NO3/c1-2-13-4-3-7-16(10-13)11-14(17)12-19-15-5-8-18-9-6-15/h13-15,17H,2-12H2,1H3. The smallest absolute Gasteiger partial charge is 0.0900 e. The van der Waals surface area contributed by atoms with Crippen molar-refractivity contribution in [2.24, 2.45) is 5.92 Å². The third-order valence-electron chi connectivity index (χ3n) is 4.34. The first-order valence-electron chi connectivity index (χ1n) is 7.87. The Morgan fingerprint density at radius 1 is 1.32 bits per heavy atom. The second kappa shape index (κ2) is 8.20. The van der Waals surface area contributed by atoms with Gasteiger partial charge in [0.05, 0.1) is 18.8 Å². The van der Waals surface area contributed by atoms with E-state index in [4.69, 9.17) is 9.47 Å². The Bertz CT molecular complexity index is 244. The topological polar surface area (TPSA) is 41.9 Å². The van der Waals surface area contributed by atoms with E-state index in [0.29, 0.717) is 6.61 Å². The Kier molecular flexibility index (Phi) is 6.57. The minimum absolute atomic E-state index is 0.285. The van der Waals surface area contributed by atoms with Crippen LogP contribution in [0, 0.1) is 5.92 Å². The van der Waals surface area contributed by atoms with Gasteiger partial charge in [0.25, 0.3) is 0 Å². The maximum Gasteiger partial charge on any atom is 0.0900 e. The molecule has 2 unspecified atom stereocenters. The Morgan fingerprint density at radius 2 is 2.11 bits per heavy atom. The summed E-state index contributed by atoms with van der Waals surface area (Å²) in [4.78, 5) is 2.40. The summed E-state index contributed by atoms with van der Waals surface area (Å²) >= 11 is 0. The minimum Gasteiger partial charge on any atom is -0.389 e. The third-order valence-corrected chi connectivity index (χ3v) is 4.34. The third kappa shape index (κ3) is 5.38. The maximum absolute atomic E-state index is 10.1. The maximum atomic E-state index is 10.1.